The van der Waals surface area contributed by atoms with Crippen LogP contribution in [0.2, 0.25) is 5.02 Å². The smallest absolute Gasteiger partial charge is 0.255 e. The maximum absolute atomic E-state index is 12.3. The first-order chi connectivity index (χ1) is 9.38. The highest BCUT2D eigenvalue weighted by molar-refractivity contribution is 6.31. The molecule has 3 N–H and O–H groups in total. The van der Waals surface area contributed by atoms with Gasteiger partial charge in [0.25, 0.3) is 5.91 Å². The highest BCUT2D eigenvalue weighted by atomic mass is 35.5. The predicted octanol–water partition coefficient (Wildman–Crippen LogP) is 4.10. The van der Waals surface area contributed by atoms with E-state index in [-0.39, 0.29) is 5.91 Å². The molecule has 0 fully saturated rings. The Morgan fingerprint density at radius 2 is 1.65 bits per heavy atom. The van der Waals surface area contributed by atoms with E-state index in [0.717, 1.165) is 22.4 Å². The Balaban J connectivity index is 2.30. The summed E-state index contributed by atoms with van der Waals surface area (Å²) in [7, 11) is 0. The Morgan fingerprint density at radius 3 is 2.20 bits per heavy atom. The molecular weight excluding hydrogens is 272 g/mol. The normalized spacial score (nSPS) is 10.4. The first kappa shape index (κ1) is 14.4. The Morgan fingerprint density at radius 1 is 1.05 bits per heavy atom. The Hall–Kier alpha value is -2.00. The van der Waals surface area contributed by atoms with Crippen molar-refractivity contribution in [3.63, 3.8) is 0 Å². The van der Waals surface area contributed by atoms with Gasteiger partial charge in [-0.2, -0.15) is 0 Å². The van der Waals surface area contributed by atoms with Crippen molar-refractivity contribution in [1.82, 2.24) is 0 Å². The maximum atomic E-state index is 12.3. The molecule has 0 aliphatic heterocycles. The van der Waals surface area contributed by atoms with Gasteiger partial charge in [-0.1, -0.05) is 17.7 Å². The Bertz CT molecular complexity index is 657. The molecule has 0 saturated carbocycles. The van der Waals surface area contributed by atoms with Crippen molar-refractivity contribution in [2.24, 2.45) is 0 Å². The number of rotatable bonds is 2. The van der Waals surface area contributed by atoms with Crippen LogP contribution in [-0.4, -0.2) is 5.91 Å². The average molecular weight is 289 g/mol. The summed E-state index contributed by atoms with van der Waals surface area (Å²) in [4.78, 5) is 12.3. The Labute approximate surface area is 123 Å². The molecule has 0 aliphatic carbocycles. The lowest BCUT2D eigenvalue weighted by molar-refractivity contribution is 0.102. The zero-order valence-corrected chi connectivity index (χ0v) is 12.5. The van der Waals surface area contributed by atoms with E-state index in [2.05, 4.69) is 5.32 Å². The first-order valence-electron chi connectivity index (χ1n) is 6.32. The van der Waals surface area contributed by atoms with Gasteiger partial charge in [0.2, 0.25) is 0 Å². The van der Waals surface area contributed by atoms with Crippen molar-refractivity contribution in [2.45, 2.75) is 20.8 Å². The number of benzene rings is 2. The molecule has 0 bridgehead atoms. The second kappa shape index (κ2) is 5.55. The van der Waals surface area contributed by atoms with Gasteiger partial charge in [0.1, 0.15) is 0 Å². The van der Waals surface area contributed by atoms with Crippen LogP contribution < -0.4 is 11.1 Å². The molecule has 0 spiro atoms. The molecule has 2 rings (SSSR count). The van der Waals surface area contributed by atoms with Crippen LogP contribution in [0, 0.1) is 20.8 Å². The van der Waals surface area contributed by atoms with Gasteiger partial charge >= 0.3 is 0 Å². The van der Waals surface area contributed by atoms with E-state index in [1.807, 2.05) is 39.0 Å². The number of nitrogens with one attached hydrogen (secondary N) is 1. The summed E-state index contributed by atoms with van der Waals surface area (Å²) in [5.41, 5.74) is 10.6. The lowest BCUT2D eigenvalue weighted by atomic mass is 10.1. The van der Waals surface area contributed by atoms with Gasteiger partial charge in [-0.05, 0) is 61.7 Å². The SMILES string of the molecule is Cc1ccc(C(=O)Nc2c(C)cc(N)cc2C)cc1Cl. The lowest BCUT2D eigenvalue weighted by Crippen LogP contribution is -2.14. The van der Waals surface area contributed by atoms with Gasteiger partial charge in [0, 0.05) is 22.0 Å². The highest BCUT2D eigenvalue weighted by Gasteiger charge is 2.11. The van der Waals surface area contributed by atoms with Gasteiger partial charge < -0.3 is 11.1 Å². The molecule has 3 nitrogen and oxygen atoms in total. The predicted molar refractivity (Wildman–Crippen MR) is 84.5 cm³/mol. The van der Waals surface area contributed by atoms with Crippen LogP contribution in [-0.2, 0) is 0 Å². The van der Waals surface area contributed by atoms with Crippen molar-refractivity contribution < 1.29 is 4.79 Å². The minimum atomic E-state index is -0.178. The number of carbonyl (C=O) groups excluding carboxylic acids is 1. The van der Waals surface area contributed by atoms with E-state index in [9.17, 15) is 4.79 Å². The maximum Gasteiger partial charge on any atom is 0.255 e. The second-order valence-corrected chi connectivity index (χ2v) is 5.35. The topological polar surface area (TPSA) is 55.1 Å². The van der Waals surface area contributed by atoms with Crippen molar-refractivity contribution in [1.29, 1.82) is 0 Å². The third-order valence-electron chi connectivity index (χ3n) is 3.23. The van der Waals surface area contributed by atoms with E-state index < -0.39 is 0 Å². The molecule has 1 amide bonds. The van der Waals surface area contributed by atoms with Gasteiger partial charge in [0.05, 0.1) is 0 Å². The summed E-state index contributed by atoms with van der Waals surface area (Å²) in [5.74, 6) is -0.178. The van der Waals surface area contributed by atoms with Crippen LogP contribution in [0.1, 0.15) is 27.0 Å². The van der Waals surface area contributed by atoms with Gasteiger partial charge in [0.15, 0.2) is 0 Å². The van der Waals surface area contributed by atoms with Crippen molar-refractivity contribution in [2.75, 3.05) is 11.1 Å². The van der Waals surface area contributed by atoms with E-state index in [1.165, 1.54) is 0 Å². The first-order valence-corrected chi connectivity index (χ1v) is 6.70. The summed E-state index contributed by atoms with van der Waals surface area (Å²) in [6.07, 6.45) is 0. The van der Waals surface area contributed by atoms with Crippen LogP contribution >= 0.6 is 11.6 Å². The van der Waals surface area contributed by atoms with E-state index >= 15 is 0 Å². The molecule has 0 atom stereocenters. The second-order valence-electron chi connectivity index (χ2n) is 4.95. The van der Waals surface area contributed by atoms with E-state index in [1.54, 1.807) is 12.1 Å². The molecule has 0 unspecified atom stereocenters. The van der Waals surface area contributed by atoms with Crippen molar-refractivity contribution in [3.05, 3.63) is 57.6 Å². The molecular formula is C16H17ClN2O. The number of hydrogen-bond donors (Lipinski definition) is 2. The highest BCUT2D eigenvalue weighted by Crippen LogP contribution is 2.24. The molecule has 104 valence electrons. The number of halogens is 1. The molecule has 0 aromatic heterocycles. The molecule has 0 radical (unpaired) electrons. The van der Waals surface area contributed by atoms with Crippen LogP contribution in [0.15, 0.2) is 30.3 Å². The zero-order chi connectivity index (χ0) is 14.9. The van der Waals surface area contributed by atoms with Gasteiger partial charge in [-0.3, -0.25) is 4.79 Å². The summed E-state index contributed by atoms with van der Waals surface area (Å²) in [6.45, 7) is 5.74. The zero-order valence-electron chi connectivity index (χ0n) is 11.8. The molecule has 0 aliphatic rings. The minimum Gasteiger partial charge on any atom is -0.399 e. The fraction of sp³-hybridized carbons (Fsp3) is 0.188. The van der Waals surface area contributed by atoms with E-state index in [4.69, 9.17) is 17.3 Å². The van der Waals surface area contributed by atoms with Crippen LogP contribution in [0.3, 0.4) is 0 Å². The number of nitrogen functional groups attached to an aromatic ring is 1. The molecule has 0 saturated heterocycles. The molecule has 4 heteroatoms. The number of hydrogen-bond acceptors (Lipinski definition) is 2. The number of aryl methyl sites for hydroxylation is 3. The Kier molecular flexibility index (Phi) is 4.00. The fourth-order valence-corrected chi connectivity index (χ4v) is 2.29. The summed E-state index contributed by atoms with van der Waals surface area (Å²) < 4.78 is 0. The third-order valence-corrected chi connectivity index (χ3v) is 3.63. The molecule has 20 heavy (non-hydrogen) atoms. The summed E-state index contributed by atoms with van der Waals surface area (Å²) >= 11 is 6.05. The molecule has 0 heterocycles. The van der Waals surface area contributed by atoms with Crippen molar-refractivity contribution >= 4 is 28.9 Å². The molecule has 2 aromatic rings. The average Bonchev–Trinajstić information content (AvgIpc) is 2.36. The molecule has 2 aromatic carbocycles. The largest absolute Gasteiger partial charge is 0.399 e. The minimum absolute atomic E-state index is 0.178. The summed E-state index contributed by atoms with van der Waals surface area (Å²) in [5, 5.41) is 3.50. The standard InChI is InChI=1S/C16H17ClN2O/c1-9-4-5-12(8-14(9)17)16(20)19-15-10(2)6-13(18)7-11(15)3/h4-8H,18H2,1-3H3,(H,19,20). The number of amides is 1. The van der Waals surface area contributed by atoms with Gasteiger partial charge in [-0.25, -0.2) is 0 Å². The quantitative estimate of drug-likeness (QED) is 0.818. The number of anilines is 2. The number of carbonyl (C=O) groups is 1. The third kappa shape index (κ3) is 2.94. The fourth-order valence-electron chi connectivity index (χ4n) is 2.11. The van der Waals surface area contributed by atoms with Crippen LogP contribution in [0.5, 0.6) is 0 Å². The van der Waals surface area contributed by atoms with Crippen LogP contribution in [0.4, 0.5) is 11.4 Å². The van der Waals surface area contributed by atoms with E-state index in [0.29, 0.717) is 16.3 Å². The van der Waals surface area contributed by atoms with Crippen LogP contribution in [0.25, 0.3) is 0 Å². The monoisotopic (exact) mass is 288 g/mol. The van der Waals surface area contributed by atoms with Gasteiger partial charge in [-0.15, -0.1) is 0 Å². The summed E-state index contributed by atoms with van der Waals surface area (Å²) in [6, 6.07) is 8.95. The lowest BCUT2D eigenvalue weighted by Gasteiger charge is -2.13. The number of nitrogens with two attached hydrogens (primary N) is 1. The van der Waals surface area contributed by atoms with Crippen molar-refractivity contribution in [3.8, 4) is 0 Å².